The van der Waals surface area contributed by atoms with E-state index in [1.807, 2.05) is 6.07 Å². The van der Waals surface area contributed by atoms with E-state index < -0.39 is 0 Å². The number of anilines is 2. The maximum Gasteiger partial charge on any atom is 0.151 e. The van der Waals surface area contributed by atoms with Crippen LogP contribution in [0.15, 0.2) is 16.7 Å². The maximum atomic E-state index is 6.01. The third kappa shape index (κ3) is 4.52. The second kappa shape index (κ2) is 6.81. The lowest BCUT2D eigenvalue weighted by Crippen LogP contribution is -2.33. The van der Waals surface area contributed by atoms with Crippen molar-refractivity contribution in [2.75, 3.05) is 44.4 Å². The first kappa shape index (κ1) is 14.3. The first-order valence-electron chi connectivity index (χ1n) is 5.85. The molecular formula is C12H21BrN4. The Balaban J connectivity index is 2.81. The lowest BCUT2D eigenvalue weighted by molar-refractivity contribution is 0.412. The van der Waals surface area contributed by atoms with Crippen LogP contribution in [0, 0.1) is 0 Å². The average molecular weight is 301 g/mol. The summed E-state index contributed by atoms with van der Waals surface area (Å²) in [6.45, 7) is 5.08. The van der Waals surface area contributed by atoms with E-state index in [0.717, 1.165) is 42.0 Å². The first-order valence-corrected chi connectivity index (χ1v) is 6.64. The van der Waals surface area contributed by atoms with E-state index in [4.69, 9.17) is 5.73 Å². The molecule has 4 nitrogen and oxygen atoms in total. The Hall–Kier alpha value is -0.810. The molecule has 1 aromatic rings. The molecule has 0 saturated heterocycles. The summed E-state index contributed by atoms with van der Waals surface area (Å²) in [4.78, 5) is 8.81. The highest BCUT2D eigenvalue weighted by molar-refractivity contribution is 9.10. The van der Waals surface area contributed by atoms with Gasteiger partial charge in [0.05, 0.1) is 5.69 Å². The molecule has 0 radical (unpaired) electrons. The monoisotopic (exact) mass is 300 g/mol. The quantitative estimate of drug-likeness (QED) is 0.875. The van der Waals surface area contributed by atoms with Crippen molar-refractivity contribution >= 4 is 27.4 Å². The Labute approximate surface area is 112 Å². The number of rotatable bonds is 6. The van der Waals surface area contributed by atoms with Crippen molar-refractivity contribution in [2.24, 2.45) is 0 Å². The number of nitrogens with zero attached hydrogens (tertiary/aromatic N) is 3. The topological polar surface area (TPSA) is 45.4 Å². The number of likely N-dealkylation sites (N-methyl/N-ethyl adjacent to an activating group) is 1. The Morgan fingerprint density at radius 2 is 2.00 bits per heavy atom. The number of pyridine rings is 1. The number of hydrogen-bond donors (Lipinski definition) is 1. The maximum absolute atomic E-state index is 6.01. The zero-order chi connectivity index (χ0) is 12.8. The van der Waals surface area contributed by atoms with Crippen LogP contribution in [0.25, 0.3) is 0 Å². The summed E-state index contributed by atoms with van der Waals surface area (Å²) in [5.74, 6) is 0.886. The van der Waals surface area contributed by atoms with E-state index in [0.29, 0.717) is 0 Å². The second-order valence-electron chi connectivity index (χ2n) is 4.36. The van der Waals surface area contributed by atoms with Crippen LogP contribution in [-0.2, 0) is 0 Å². The fourth-order valence-electron chi connectivity index (χ4n) is 1.63. The van der Waals surface area contributed by atoms with E-state index in [-0.39, 0.29) is 0 Å². The highest BCUT2D eigenvalue weighted by Gasteiger charge is 2.11. The lowest BCUT2D eigenvalue weighted by Gasteiger charge is -2.26. The Bertz CT molecular complexity index is 354. The summed E-state index contributed by atoms with van der Waals surface area (Å²) in [6.07, 6.45) is 2.88. The summed E-state index contributed by atoms with van der Waals surface area (Å²) in [7, 11) is 4.14. The highest BCUT2D eigenvalue weighted by atomic mass is 79.9. The molecule has 2 N–H and O–H groups in total. The van der Waals surface area contributed by atoms with Crippen LogP contribution in [0.4, 0.5) is 11.5 Å². The molecule has 17 heavy (non-hydrogen) atoms. The van der Waals surface area contributed by atoms with Crippen LogP contribution >= 0.6 is 15.9 Å². The number of aromatic nitrogens is 1. The van der Waals surface area contributed by atoms with Crippen LogP contribution in [0.5, 0.6) is 0 Å². The summed E-state index contributed by atoms with van der Waals surface area (Å²) < 4.78 is 0.919. The average Bonchev–Trinajstić information content (AvgIpc) is 2.24. The molecule has 1 aromatic heterocycles. The third-order valence-electron chi connectivity index (χ3n) is 2.47. The zero-order valence-electron chi connectivity index (χ0n) is 10.8. The largest absolute Gasteiger partial charge is 0.396 e. The van der Waals surface area contributed by atoms with Gasteiger partial charge < -0.3 is 15.5 Å². The Morgan fingerprint density at radius 3 is 2.53 bits per heavy atom. The van der Waals surface area contributed by atoms with E-state index >= 15 is 0 Å². The lowest BCUT2D eigenvalue weighted by atomic mass is 10.3. The fourth-order valence-corrected chi connectivity index (χ4v) is 1.98. The van der Waals surface area contributed by atoms with Gasteiger partial charge in [-0.25, -0.2) is 4.98 Å². The summed E-state index contributed by atoms with van der Waals surface area (Å²) in [5.41, 5.74) is 6.74. The van der Waals surface area contributed by atoms with Crippen LogP contribution in [0.1, 0.15) is 13.3 Å². The second-order valence-corrected chi connectivity index (χ2v) is 5.27. The van der Waals surface area contributed by atoms with E-state index in [2.05, 4.69) is 51.7 Å². The summed E-state index contributed by atoms with van der Waals surface area (Å²) in [6, 6.07) is 1.90. The van der Waals surface area contributed by atoms with Gasteiger partial charge >= 0.3 is 0 Å². The van der Waals surface area contributed by atoms with Crippen molar-refractivity contribution in [3.63, 3.8) is 0 Å². The molecule has 0 bridgehead atoms. The minimum absolute atomic E-state index is 0.728. The first-order chi connectivity index (χ1) is 8.04. The zero-order valence-corrected chi connectivity index (χ0v) is 12.4. The molecule has 0 fully saturated rings. The van der Waals surface area contributed by atoms with Crippen molar-refractivity contribution in [3.8, 4) is 0 Å². The molecule has 0 aliphatic rings. The van der Waals surface area contributed by atoms with Crippen LogP contribution in [0.3, 0.4) is 0 Å². The van der Waals surface area contributed by atoms with Crippen molar-refractivity contribution in [3.05, 3.63) is 16.7 Å². The van der Waals surface area contributed by atoms with Gasteiger partial charge in [-0.1, -0.05) is 6.92 Å². The number of nitrogens with two attached hydrogens (primary N) is 1. The summed E-state index contributed by atoms with van der Waals surface area (Å²) in [5, 5.41) is 0. The molecule has 1 rings (SSSR count). The van der Waals surface area contributed by atoms with Gasteiger partial charge in [0.2, 0.25) is 0 Å². The van der Waals surface area contributed by atoms with E-state index in [1.165, 1.54) is 0 Å². The van der Waals surface area contributed by atoms with Crippen LogP contribution in [-0.4, -0.2) is 43.6 Å². The molecule has 96 valence electrons. The molecule has 1 heterocycles. The minimum atomic E-state index is 0.728. The van der Waals surface area contributed by atoms with Gasteiger partial charge in [-0.3, -0.25) is 0 Å². The normalized spacial score (nSPS) is 10.9. The molecule has 0 saturated carbocycles. The van der Waals surface area contributed by atoms with Crippen molar-refractivity contribution in [1.82, 2.24) is 9.88 Å². The molecule has 0 unspecified atom stereocenters. The fraction of sp³-hybridized carbons (Fsp3) is 0.583. The van der Waals surface area contributed by atoms with Gasteiger partial charge in [-0.2, -0.15) is 0 Å². The molecule has 0 aliphatic heterocycles. The third-order valence-corrected chi connectivity index (χ3v) is 2.91. The number of nitrogen functional groups attached to an aromatic ring is 1. The van der Waals surface area contributed by atoms with E-state index in [1.54, 1.807) is 6.20 Å². The van der Waals surface area contributed by atoms with Crippen LogP contribution in [0.2, 0.25) is 0 Å². The predicted octanol–water partition coefficient (Wildman–Crippen LogP) is 2.20. The SMILES string of the molecule is CCCN(CCN(C)C)c1ncc(Br)cc1N. The van der Waals surface area contributed by atoms with Gasteiger partial charge in [0.25, 0.3) is 0 Å². The van der Waals surface area contributed by atoms with Gasteiger partial charge in [-0.15, -0.1) is 0 Å². The Kier molecular flexibility index (Phi) is 5.71. The van der Waals surface area contributed by atoms with Crippen molar-refractivity contribution in [2.45, 2.75) is 13.3 Å². The molecule has 0 aromatic carbocycles. The van der Waals surface area contributed by atoms with Crippen molar-refractivity contribution < 1.29 is 0 Å². The number of hydrogen-bond acceptors (Lipinski definition) is 4. The summed E-state index contributed by atoms with van der Waals surface area (Å²) >= 11 is 3.38. The molecule has 0 amide bonds. The van der Waals surface area contributed by atoms with Crippen LogP contribution < -0.4 is 10.6 Å². The number of halogens is 1. The molecule has 0 atom stereocenters. The highest BCUT2D eigenvalue weighted by Crippen LogP contribution is 2.23. The molecule has 0 aliphatic carbocycles. The van der Waals surface area contributed by atoms with Gasteiger partial charge in [0.15, 0.2) is 5.82 Å². The molecular weight excluding hydrogens is 280 g/mol. The smallest absolute Gasteiger partial charge is 0.151 e. The van der Waals surface area contributed by atoms with Gasteiger partial charge in [0.1, 0.15) is 0 Å². The Morgan fingerprint density at radius 1 is 1.29 bits per heavy atom. The van der Waals surface area contributed by atoms with Crippen molar-refractivity contribution in [1.29, 1.82) is 0 Å². The standard InChI is InChI=1S/C12H21BrN4/c1-4-5-17(7-6-16(2)3)12-11(14)8-10(13)9-15-12/h8-9H,4-7,14H2,1-3H3. The minimum Gasteiger partial charge on any atom is -0.396 e. The molecule has 5 heteroatoms. The van der Waals surface area contributed by atoms with E-state index in [9.17, 15) is 0 Å². The van der Waals surface area contributed by atoms with Gasteiger partial charge in [0, 0.05) is 30.3 Å². The molecule has 0 spiro atoms. The van der Waals surface area contributed by atoms with Gasteiger partial charge in [-0.05, 0) is 42.5 Å². The predicted molar refractivity (Wildman–Crippen MR) is 77.4 cm³/mol.